The molecule has 0 aliphatic heterocycles. The first kappa shape index (κ1) is 9.52. The third kappa shape index (κ3) is 1.97. The fourth-order valence-corrected chi connectivity index (χ4v) is 1.14. The quantitative estimate of drug-likeness (QED) is 0.736. The van der Waals surface area contributed by atoms with Gasteiger partial charge in [0.25, 0.3) is 0 Å². The molecule has 0 saturated carbocycles. The number of hydrogen-bond acceptors (Lipinski definition) is 2. The van der Waals surface area contributed by atoms with Gasteiger partial charge < -0.3 is 10.8 Å². The van der Waals surface area contributed by atoms with Crippen molar-refractivity contribution in [2.24, 2.45) is 5.73 Å². The van der Waals surface area contributed by atoms with E-state index in [2.05, 4.69) is 0 Å². The van der Waals surface area contributed by atoms with E-state index < -0.39 is 6.10 Å². The second-order valence-corrected chi connectivity index (χ2v) is 3.17. The van der Waals surface area contributed by atoms with Gasteiger partial charge in [0.05, 0.1) is 6.10 Å². The second-order valence-electron chi connectivity index (χ2n) is 2.76. The third-order valence-corrected chi connectivity index (χ3v) is 2.21. The van der Waals surface area contributed by atoms with E-state index in [4.69, 9.17) is 17.3 Å². The molecule has 3 heteroatoms. The number of aryl methyl sites for hydroxylation is 1. The van der Waals surface area contributed by atoms with Crippen molar-refractivity contribution in [1.82, 2.24) is 0 Å². The lowest BCUT2D eigenvalue weighted by Crippen LogP contribution is -2.11. The maximum Gasteiger partial charge on any atom is 0.0912 e. The highest BCUT2D eigenvalue weighted by molar-refractivity contribution is 6.31. The Morgan fingerprint density at radius 1 is 1.58 bits per heavy atom. The van der Waals surface area contributed by atoms with Crippen molar-refractivity contribution in [2.75, 3.05) is 6.54 Å². The summed E-state index contributed by atoms with van der Waals surface area (Å²) < 4.78 is 0. The van der Waals surface area contributed by atoms with Crippen LogP contribution in [0.3, 0.4) is 0 Å². The fourth-order valence-electron chi connectivity index (χ4n) is 0.952. The largest absolute Gasteiger partial charge is 0.387 e. The predicted molar refractivity (Wildman–Crippen MR) is 50.2 cm³/mol. The second kappa shape index (κ2) is 3.90. The van der Waals surface area contributed by atoms with E-state index in [0.717, 1.165) is 11.1 Å². The van der Waals surface area contributed by atoms with Crippen LogP contribution < -0.4 is 5.73 Å². The van der Waals surface area contributed by atoms with Crippen molar-refractivity contribution in [1.29, 1.82) is 0 Å². The van der Waals surface area contributed by atoms with Crippen molar-refractivity contribution in [3.8, 4) is 0 Å². The van der Waals surface area contributed by atoms with Crippen LogP contribution in [0, 0.1) is 6.92 Å². The summed E-state index contributed by atoms with van der Waals surface area (Å²) in [6.45, 7) is 2.14. The molecule has 1 rings (SSSR count). The zero-order valence-corrected chi connectivity index (χ0v) is 7.67. The van der Waals surface area contributed by atoms with Gasteiger partial charge in [-0.3, -0.25) is 0 Å². The molecule has 1 aromatic rings. The summed E-state index contributed by atoms with van der Waals surface area (Å²) in [6, 6.07) is 5.45. The van der Waals surface area contributed by atoms with Gasteiger partial charge in [-0.2, -0.15) is 0 Å². The molecule has 2 nitrogen and oxygen atoms in total. The smallest absolute Gasteiger partial charge is 0.0912 e. The van der Waals surface area contributed by atoms with E-state index in [1.807, 2.05) is 19.1 Å². The SMILES string of the molecule is Cc1ccc(C(O)CN)cc1Cl. The Kier molecular flexibility index (Phi) is 3.09. The Labute approximate surface area is 77.0 Å². The highest BCUT2D eigenvalue weighted by Gasteiger charge is 2.05. The number of nitrogens with two attached hydrogens (primary N) is 1. The number of benzene rings is 1. The maximum absolute atomic E-state index is 9.36. The highest BCUT2D eigenvalue weighted by atomic mass is 35.5. The first-order chi connectivity index (χ1) is 5.65. The van der Waals surface area contributed by atoms with Crippen LogP contribution in [0.1, 0.15) is 17.2 Å². The summed E-state index contributed by atoms with van der Waals surface area (Å²) >= 11 is 5.86. The molecular formula is C9H12ClNO. The summed E-state index contributed by atoms with van der Waals surface area (Å²) in [4.78, 5) is 0. The van der Waals surface area contributed by atoms with Gasteiger partial charge in [-0.1, -0.05) is 23.7 Å². The van der Waals surface area contributed by atoms with Gasteiger partial charge in [-0.15, -0.1) is 0 Å². The van der Waals surface area contributed by atoms with Gasteiger partial charge in [0.15, 0.2) is 0 Å². The van der Waals surface area contributed by atoms with E-state index in [0.29, 0.717) is 5.02 Å². The number of aliphatic hydroxyl groups is 1. The number of hydrogen-bond donors (Lipinski definition) is 2. The molecule has 3 N–H and O–H groups in total. The number of rotatable bonds is 2. The molecule has 0 fully saturated rings. The zero-order valence-electron chi connectivity index (χ0n) is 6.92. The minimum Gasteiger partial charge on any atom is -0.387 e. The first-order valence-electron chi connectivity index (χ1n) is 3.79. The first-order valence-corrected chi connectivity index (χ1v) is 4.17. The minimum absolute atomic E-state index is 0.222. The molecule has 1 unspecified atom stereocenters. The van der Waals surface area contributed by atoms with E-state index in [1.165, 1.54) is 0 Å². The summed E-state index contributed by atoms with van der Waals surface area (Å²) in [7, 11) is 0. The van der Waals surface area contributed by atoms with Crippen molar-refractivity contribution in [2.45, 2.75) is 13.0 Å². The maximum atomic E-state index is 9.36. The van der Waals surface area contributed by atoms with Crippen LogP contribution in [0.15, 0.2) is 18.2 Å². The molecule has 1 aromatic carbocycles. The van der Waals surface area contributed by atoms with Gasteiger partial charge in [-0.05, 0) is 24.1 Å². The van der Waals surface area contributed by atoms with Crippen LogP contribution >= 0.6 is 11.6 Å². The molecule has 66 valence electrons. The highest BCUT2D eigenvalue weighted by Crippen LogP contribution is 2.20. The summed E-state index contributed by atoms with van der Waals surface area (Å²) in [5, 5.41) is 10.0. The normalized spacial score (nSPS) is 13.0. The van der Waals surface area contributed by atoms with Crippen LogP contribution in [-0.2, 0) is 0 Å². The topological polar surface area (TPSA) is 46.2 Å². The Balaban J connectivity index is 2.96. The molecule has 0 spiro atoms. The molecule has 0 aromatic heterocycles. The standard InChI is InChI=1S/C9H12ClNO/c1-6-2-3-7(4-8(6)10)9(12)5-11/h2-4,9,12H,5,11H2,1H3. The summed E-state index contributed by atoms with van der Waals surface area (Å²) in [5.41, 5.74) is 7.07. The minimum atomic E-state index is -0.608. The van der Waals surface area contributed by atoms with Gasteiger partial charge in [-0.25, -0.2) is 0 Å². The molecule has 0 radical (unpaired) electrons. The summed E-state index contributed by atoms with van der Waals surface area (Å²) in [6.07, 6.45) is -0.608. The summed E-state index contributed by atoms with van der Waals surface area (Å²) in [5.74, 6) is 0. The third-order valence-electron chi connectivity index (χ3n) is 1.80. The van der Waals surface area contributed by atoms with Gasteiger partial charge in [0.1, 0.15) is 0 Å². The molecule has 1 atom stereocenters. The molecule has 0 amide bonds. The molecule has 0 aliphatic rings. The lowest BCUT2D eigenvalue weighted by Gasteiger charge is -2.08. The molecule has 12 heavy (non-hydrogen) atoms. The van der Waals surface area contributed by atoms with E-state index in [1.54, 1.807) is 6.07 Å². The van der Waals surface area contributed by atoms with Crippen molar-refractivity contribution < 1.29 is 5.11 Å². The van der Waals surface area contributed by atoms with Gasteiger partial charge in [0.2, 0.25) is 0 Å². The molecule has 0 bridgehead atoms. The monoisotopic (exact) mass is 185 g/mol. The van der Waals surface area contributed by atoms with Crippen molar-refractivity contribution >= 4 is 11.6 Å². The van der Waals surface area contributed by atoms with Gasteiger partial charge in [0, 0.05) is 11.6 Å². The van der Waals surface area contributed by atoms with Crippen LogP contribution in [0.4, 0.5) is 0 Å². The average molecular weight is 186 g/mol. The van der Waals surface area contributed by atoms with Crippen LogP contribution in [0.2, 0.25) is 5.02 Å². The Morgan fingerprint density at radius 3 is 2.75 bits per heavy atom. The Morgan fingerprint density at radius 2 is 2.25 bits per heavy atom. The number of halogens is 1. The van der Waals surface area contributed by atoms with Crippen LogP contribution in [0.25, 0.3) is 0 Å². The van der Waals surface area contributed by atoms with Crippen molar-refractivity contribution in [3.05, 3.63) is 34.3 Å². The molecule has 0 aliphatic carbocycles. The van der Waals surface area contributed by atoms with E-state index in [9.17, 15) is 5.11 Å². The lowest BCUT2D eigenvalue weighted by molar-refractivity contribution is 0.187. The predicted octanol–water partition coefficient (Wildman–Crippen LogP) is 1.64. The van der Waals surface area contributed by atoms with Crippen molar-refractivity contribution in [3.63, 3.8) is 0 Å². The van der Waals surface area contributed by atoms with Crippen LogP contribution in [-0.4, -0.2) is 11.7 Å². The fraction of sp³-hybridized carbons (Fsp3) is 0.333. The molecule has 0 heterocycles. The van der Waals surface area contributed by atoms with Gasteiger partial charge >= 0.3 is 0 Å². The Bertz CT molecular complexity index is 275. The van der Waals surface area contributed by atoms with Crippen LogP contribution in [0.5, 0.6) is 0 Å². The molecule has 0 saturated heterocycles. The lowest BCUT2D eigenvalue weighted by atomic mass is 10.1. The number of aliphatic hydroxyl groups excluding tert-OH is 1. The van der Waals surface area contributed by atoms with E-state index >= 15 is 0 Å². The average Bonchev–Trinajstić information content (AvgIpc) is 2.08. The van der Waals surface area contributed by atoms with E-state index in [-0.39, 0.29) is 6.54 Å². The zero-order chi connectivity index (χ0) is 9.14. The Hall–Kier alpha value is -0.570. The molecular weight excluding hydrogens is 174 g/mol.